The first kappa shape index (κ1) is 12.5. The number of hydrogen-bond acceptors (Lipinski definition) is 5. The van der Waals surface area contributed by atoms with E-state index in [1.54, 1.807) is 6.20 Å². The standard InChI is InChI=1S/C12H18N6/c1-3-5-9-8-11(17-13)16-12(15-9)10-6-7-14-18(10)4-2/h6-8H,3-5,13H2,1-2H3,(H,15,16,17). The van der Waals surface area contributed by atoms with Crippen molar-refractivity contribution in [3.8, 4) is 11.5 Å². The summed E-state index contributed by atoms with van der Waals surface area (Å²) in [4.78, 5) is 8.93. The fraction of sp³-hybridized carbons (Fsp3) is 0.417. The van der Waals surface area contributed by atoms with E-state index in [9.17, 15) is 0 Å². The van der Waals surface area contributed by atoms with Gasteiger partial charge in [-0.1, -0.05) is 13.3 Å². The number of aromatic nitrogens is 4. The number of nitrogens with zero attached hydrogens (tertiary/aromatic N) is 4. The van der Waals surface area contributed by atoms with E-state index in [4.69, 9.17) is 5.84 Å². The van der Waals surface area contributed by atoms with Crippen LogP contribution < -0.4 is 11.3 Å². The molecule has 0 amide bonds. The second-order valence-electron chi connectivity index (χ2n) is 3.99. The van der Waals surface area contributed by atoms with E-state index in [1.807, 2.05) is 23.7 Å². The Bertz CT molecular complexity index is 519. The SMILES string of the molecule is CCCc1cc(NN)nc(-c2ccnn2CC)n1. The minimum atomic E-state index is 0.632. The summed E-state index contributed by atoms with van der Waals surface area (Å²) in [6.07, 6.45) is 3.70. The molecule has 2 aromatic heterocycles. The van der Waals surface area contributed by atoms with Gasteiger partial charge in [-0.2, -0.15) is 5.10 Å². The molecule has 0 saturated carbocycles. The number of aryl methyl sites for hydroxylation is 2. The highest BCUT2D eigenvalue weighted by molar-refractivity contribution is 5.53. The van der Waals surface area contributed by atoms with Crippen molar-refractivity contribution >= 4 is 5.82 Å². The van der Waals surface area contributed by atoms with Crippen LogP contribution in [0.3, 0.4) is 0 Å². The molecule has 0 saturated heterocycles. The maximum absolute atomic E-state index is 5.44. The number of nitrogen functional groups attached to an aromatic ring is 1. The van der Waals surface area contributed by atoms with Crippen LogP contribution in [0, 0.1) is 0 Å². The predicted octanol–water partition coefficient (Wildman–Crippen LogP) is 1.60. The number of rotatable bonds is 5. The zero-order valence-corrected chi connectivity index (χ0v) is 10.7. The molecule has 0 atom stereocenters. The van der Waals surface area contributed by atoms with Crippen LogP contribution in [0.5, 0.6) is 0 Å². The molecule has 2 heterocycles. The van der Waals surface area contributed by atoms with Crippen molar-refractivity contribution in [2.75, 3.05) is 5.43 Å². The number of anilines is 1. The molecule has 0 aliphatic rings. The summed E-state index contributed by atoms with van der Waals surface area (Å²) in [5.74, 6) is 6.74. The molecule has 2 rings (SSSR count). The lowest BCUT2D eigenvalue weighted by Crippen LogP contribution is -2.11. The van der Waals surface area contributed by atoms with Gasteiger partial charge < -0.3 is 5.43 Å². The lowest BCUT2D eigenvalue weighted by atomic mass is 10.2. The van der Waals surface area contributed by atoms with E-state index in [-0.39, 0.29) is 0 Å². The Morgan fingerprint density at radius 1 is 1.33 bits per heavy atom. The topological polar surface area (TPSA) is 81.6 Å². The van der Waals surface area contributed by atoms with Crippen LogP contribution in [-0.4, -0.2) is 19.7 Å². The lowest BCUT2D eigenvalue weighted by molar-refractivity contribution is 0.663. The van der Waals surface area contributed by atoms with Gasteiger partial charge in [-0.3, -0.25) is 4.68 Å². The van der Waals surface area contributed by atoms with Gasteiger partial charge in [0.1, 0.15) is 11.5 Å². The normalized spacial score (nSPS) is 10.6. The zero-order valence-electron chi connectivity index (χ0n) is 10.7. The molecule has 3 N–H and O–H groups in total. The van der Waals surface area contributed by atoms with Gasteiger partial charge in [0.15, 0.2) is 5.82 Å². The molecule has 0 aromatic carbocycles. The molecule has 96 valence electrons. The van der Waals surface area contributed by atoms with Gasteiger partial charge in [-0.05, 0) is 19.4 Å². The van der Waals surface area contributed by atoms with Gasteiger partial charge in [-0.25, -0.2) is 15.8 Å². The average Bonchev–Trinajstić information content (AvgIpc) is 2.87. The second-order valence-corrected chi connectivity index (χ2v) is 3.99. The van der Waals surface area contributed by atoms with Crippen molar-refractivity contribution < 1.29 is 0 Å². The third kappa shape index (κ3) is 2.48. The molecule has 0 aliphatic heterocycles. The van der Waals surface area contributed by atoms with Crippen molar-refractivity contribution in [1.82, 2.24) is 19.7 Å². The molecular formula is C12H18N6. The molecular weight excluding hydrogens is 228 g/mol. The van der Waals surface area contributed by atoms with Crippen LogP contribution in [0.2, 0.25) is 0 Å². The third-order valence-electron chi connectivity index (χ3n) is 2.68. The maximum Gasteiger partial charge on any atom is 0.180 e. The van der Waals surface area contributed by atoms with Gasteiger partial charge in [-0.15, -0.1) is 0 Å². The largest absolute Gasteiger partial charge is 0.308 e. The molecule has 6 heteroatoms. The molecule has 0 fully saturated rings. The Labute approximate surface area is 106 Å². The van der Waals surface area contributed by atoms with Crippen LogP contribution in [-0.2, 0) is 13.0 Å². The van der Waals surface area contributed by atoms with E-state index in [0.29, 0.717) is 11.6 Å². The summed E-state index contributed by atoms with van der Waals surface area (Å²) in [5.41, 5.74) is 4.48. The lowest BCUT2D eigenvalue weighted by Gasteiger charge is -2.08. The van der Waals surface area contributed by atoms with Gasteiger partial charge in [0.05, 0.1) is 0 Å². The summed E-state index contributed by atoms with van der Waals surface area (Å²) >= 11 is 0. The van der Waals surface area contributed by atoms with Crippen molar-refractivity contribution in [1.29, 1.82) is 0 Å². The van der Waals surface area contributed by atoms with Gasteiger partial charge in [0, 0.05) is 24.5 Å². The molecule has 0 aliphatic carbocycles. The first-order valence-electron chi connectivity index (χ1n) is 6.15. The number of hydrazine groups is 1. The highest BCUT2D eigenvalue weighted by Crippen LogP contribution is 2.18. The molecule has 18 heavy (non-hydrogen) atoms. The van der Waals surface area contributed by atoms with Crippen molar-refractivity contribution in [3.05, 3.63) is 24.0 Å². The van der Waals surface area contributed by atoms with Gasteiger partial charge in [0.2, 0.25) is 0 Å². The van der Waals surface area contributed by atoms with Crippen LogP contribution in [0.4, 0.5) is 5.82 Å². The Morgan fingerprint density at radius 2 is 2.17 bits per heavy atom. The second kappa shape index (κ2) is 5.59. The summed E-state index contributed by atoms with van der Waals surface area (Å²) in [6.45, 7) is 4.94. The Kier molecular flexibility index (Phi) is 3.88. The van der Waals surface area contributed by atoms with E-state index in [0.717, 1.165) is 30.8 Å². The Balaban J connectivity index is 2.46. The molecule has 0 radical (unpaired) electrons. The predicted molar refractivity (Wildman–Crippen MR) is 70.7 cm³/mol. The molecule has 6 nitrogen and oxygen atoms in total. The molecule has 0 bridgehead atoms. The zero-order chi connectivity index (χ0) is 13.0. The maximum atomic E-state index is 5.44. The first-order chi connectivity index (χ1) is 8.78. The highest BCUT2D eigenvalue weighted by atomic mass is 15.3. The van der Waals surface area contributed by atoms with Crippen molar-refractivity contribution in [3.63, 3.8) is 0 Å². The quantitative estimate of drug-likeness (QED) is 0.618. The fourth-order valence-corrected chi connectivity index (χ4v) is 1.84. The number of nitrogens with two attached hydrogens (primary N) is 1. The summed E-state index contributed by atoms with van der Waals surface area (Å²) in [6, 6.07) is 3.79. The van der Waals surface area contributed by atoms with Crippen molar-refractivity contribution in [2.45, 2.75) is 33.2 Å². The molecule has 2 aromatic rings. The van der Waals surface area contributed by atoms with Crippen molar-refractivity contribution in [2.24, 2.45) is 5.84 Å². The van der Waals surface area contributed by atoms with E-state index < -0.39 is 0 Å². The van der Waals surface area contributed by atoms with Crippen LogP contribution in [0.1, 0.15) is 26.0 Å². The van der Waals surface area contributed by atoms with Crippen LogP contribution in [0.25, 0.3) is 11.5 Å². The minimum Gasteiger partial charge on any atom is -0.308 e. The monoisotopic (exact) mass is 246 g/mol. The van der Waals surface area contributed by atoms with Gasteiger partial charge in [0.25, 0.3) is 0 Å². The van der Waals surface area contributed by atoms with E-state index in [1.165, 1.54) is 0 Å². The van der Waals surface area contributed by atoms with Gasteiger partial charge >= 0.3 is 0 Å². The Hall–Kier alpha value is -1.95. The number of hydrogen-bond donors (Lipinski definition) is 2. The third-order valence-corrected chi connectivity index (χ3v) is 2.68. The average molecular weight is 246 g/mol. The summed E-state index contributed by atoms with van der Waals surface area (Å²) in [5, 5.41) is 4.23. The van der Waals surface area contributed by atoms with E-state index in [2.05, 4.69) is 27.4 Å². The van der Waals surface area contributed by atoms with Crippen LogP contribution in [0.15, 0.2) is 18.3 Å². The van der Waals surface area contributed by atoms with E-state index >= 15 is 0 Å². The highest BCUT2D eigenvalue weighted by Gasteiger charge is 2.10. The fourth-order valence-electron chi connectivity index (χ4n) is 1.84. The Morgan fingerprint density at radius 3 is 2.83 bits per heavy atom. The minimum absolute atomic E-state index is 0.632. The smallest absolute Gasteiger partial charge is 0.180 e. The van der Waals surface area contributed by atoms with Crippen LogP contribution >= 0.6 is 0 Å². The summed E-state index contributed by atoms with van der Waals surface area (Å²) in [7, 11) is 0. The number of nitrogens with one attached hydrogen (secondary N) is 1. The first-order valence-corrected chi connectivity index (χ1v) is 6.15. The summed E-state index contributed by atoms with van der Waals surface area (Å²) < 4.78 is 1.87. The molecule has 0 unspecified atom stereocenters. The molecule has 0 spiro atoms.